The van der Waals surface area contributed by atoms with Gasteiger partial charge in [0.1, 0.15) is 6.61 Å². The number of halogens is 4. The molecule has 154 valence electrons. The summed E-state index contributed by atoms with van der Waals surface area (Å²) in [6.45, 7) is 2.97. The lowest BCUT2D eigenvalue weighted by molar-refractivity contribution is -0.697. The van der Waals surface area contributed by atoms with Gasteiger partial charge in [0, 0.05) is 31.9 Å². The van der Waals surface area contributed by atoms with Gasteiger partial charge in [-0.25, -0.2) is 13.8 Å². The van der Waals surface area contributed by atoms with Crippen molar-refractivity contribution in [3.63, 3.8) is 0 Å². The Morgan fingerprint density at radius 3 is 2.21 bits per heavy atom. The molecule has 0 atom stereocenters. The van der Waals surface area contributed by atoms with Crippen LogP contribution in [0.15, 0.2) is 42.7 Å². The third-order valence-electron chi connectivity index (χ3n) is 3.40. The lowest BCUT2D eigenvalue weighted by atomic mass is 10.2. The van der Waals surface area contributed by atoms with Crippen molar-refractivity contribution < 1.29 is 41.8 Å². The fourth-order valence-corrected chi connectivity index (χ4v) is 1.93. The standard InChI is InChI=1S/C16H20FN2O.C2HF3O3/c1-13-4-5-16(15(17)12-13)20-11-10-19-8-6-14(7-9-19)18(2)3;3-2(4,5)1(6)8-7/h4-9,12H,10-11H2,1-3H3;7H/q+1;. The Hall–Kier alpha value is -2.88. The lowest BCUT2D eigenvalue weighted by Gasteiger charge is -2.10. The van der Waals surface area contributed by atoms with E-state index in [1.807, 2.05) is 61.1 Å². The van der Waals surface area contributed by atoms with E-state index in [1.165, 1.54) is 6.07 Å². The second-order valence-electron chi connectivity index (χ2n) is 5.85. The number of pyridine rings is 1. The third-order valence-corrected chi connectivity index (χ3v) is 3.40. The van der Waals surface area contributed by atoms with Crippen molar-refractivity contribution in [3.05, 3.63) is 54.1 Å². The molecule has 0 bridgehead atoms. The Morgan fingerprint density at radius 2 is 1.79 bits per heavy atom. The zero-order valence-corrected chi connectivity index (χ0v) is 15.5. The van der Waals surface area contributed by atoms with Gasteiger partial charge in [-0.2, -0.15) is 18.4 Å². The van der Waals surface area contributed by atoms with Crippen molar-refractivity contribution in [2.45, 2.75) is 19.6 Å². The minimum absolute atomic E-state index is 0.307. The number of rotatable bonds is 5. The molecule has 2 aromatic rings. The number of anilines is 1. The van der Waals surface area contributed by atoms with Crippen molar-refractivity contribution in [2.75, 3.05) is 25.6 Å². The number of hydrogen-bond acceptors (Lipinski definition) is 5. The number of ether oxygens (including phenoxy) is 1. The van der Waals surface area contributed by atoms with Gasteiger partial charge in [0.05, 0.1) is 0 Å². The minimum atomic E-state index is -5.10. The molecule has 1 heterocycles. The van der Waals surface area contributed by atoms with Gasteiger partial charge >= 0.3 is 12.1 Å². The van der Waals surface area contributed by atoms with E-state index < -0.39 is 12.1 Å². The molecule has 28 heavy (non-hydrogen) atoms. The summed E-state index contributed by atoms with van der Waals surface area (Å²) in [6.07, 6.45) is -1.12. The summed E-state index contributed by atoms with van der Waals surface area (Å²) in [7, 11) is 4.01. The van der Waals surface area contributed by atoms with E-state index in [0.29, 0.717) is 18.9 Å². The highest BCUT2D eigenvalue weighted by Crippen LogP contribution is 2.17. The van der Waals surface area contributed by atoms with E-state index in [2.05, 4.69) is 4.89 Å². The maximum Gasteiger partial charge on any atom is 0.494 e. The van der Waals surface area contributed by atoms with Gasteiger partial charge in [0.15, 0.2) is 30.5 Å². The van der Waals surface area contributed by atoms with Crippen LogP contribution < -0.4 is 14.2 Å². The van der Waals surface area contributed by atoms with Crippen molar-refractivity contribution >= 4 is 11.7 Å². The van der Waals surface area contributed by atoms with Crippen molar-refractivity contribution in [1.82, 2.24) is 0 Å². The first-order chi connectivity index (χ1) is 13.0. The molecule has 0 aliphatic rings. The molecule has 0 amide bonds. The summed E-state index contributed by atoms with van der Waals surface area (Å²) in [5.74, 6) is -2.61. The smallest absolute Gasteiger partial charge is 0.484 e. The number of carbonyl (C=O) groups excluding carboxylic acids is 1. The van der Waals surface area contributed by atoms with E-state index in [1.54, 1.807) is 6.07 Å². The first-order valence-corrected chi connectivity index (χ1v) is 8.02. The molecule has 2 rings (SSSR count). The summed E-state index contributed by atoms with van der Waals surface area (Å²) in [5.41, 5.74) is 2.04. The Balaban J connectivity index is 0.000000416. The van der Waals surface area contributed by atoms with Gasteiger partial charge in [-0.05, 0) is 24.6 Å². The Bertz CT molecular complexity index is 765. The molecule has 0 spiro atoms. The van der Waals surface area contributed by atoms with Crippen LogP contribution in [-0.4, -0.2) is 38.1 Å². The molecule has 0 saturated heterocycles. The monoisotopic (exact) mass is 405 g/mol. The second-order valence-corrected chi connectivity index (χ2v) is 5.85. The molecule has 0 aliphatic carbocycles. The summed E-state index contributed by atoms with van der Waals surface area (Å²) < 4.78 is 53.5. The summed E-state index contributed by atoms with van der Waals surface area (Å²) >= 11 is 0. The molecule has 0 aliphatic heterocycles. The highest BCUT2D eigenvalue weighted by Gasteiger charge is 2.41. The highest BCUT2D eigenvalue weighted by atomic mass is 19.4. The fraction of sp³-hybridized carbons (Fsp3) is 0.333. The minimum Gasteiger partial charge on any atom is -0.484 e. The SMILES string of the molecule is Cc1ccc(OCC[n+]2ccc(N(C)C)cc2)c(F)c1.O=C(OO)C(F)(F)F. The molecule has 6 nitrogen and oxygen atoms in total. The number of nitrogens with zero attached hydrogens (tertiary/aromatic N) is 2. The van der Waals surface area contributed by atoms with Crippen LogP contribution in [0.4, 0.5) is 23.2 Å². The van der Waals surface area contributed by atoms with E-state index >= 15 is 0 Å². The molecular weight excluding hydrogens is 384 g/mol. The number of aryl methyl sites for hydroxylation is 1. The topological polar surface area (TPSA) is 62.9 Å². The van der Waals surface area contributed by atoms with Gasteiger partial charge < -0.3 is 9.64 Å². The van der Waals surface area contributed by atoms with Crippen molar-refractivity contribution in [1.29, 1.82) is 0 Å². The zero-order chi connectivity index (χ0) is 21.3. The zero-order valence-electron chi connectivity index (χ0n) is 15.5. The summed E-state index contributed by atoms with van der Waals surface area (Å²) in [5, 5.41) is 7.10. The largest absolute Gasteiger partial charge is 0.494 e. The van der Waals surface area contributed by atoms with Crippen LogP contribution >= 0.6 is 0 Å². The predicted octanol–water partition coefficient (Wildman–Crippen LogP) is 3.13. The average Bonchev–Trinajstić information content (AvgIpc) is 2.63. The van der Waals surface area contributed by atoms with Crippen LogP contribution in [0, 0.1) is 12.7 Å². The van der Waals surface area contributed by atoms with E-state index in [-0.39, 0.29) is 5.82 Å². The van der Waals surface area contributed by atoms with Gasteiger partial charge in [-0.15, -0.1) is 0 Å². The average molecular weight is 405 g/mol. The van der Waals surface area contributed by atoms with Gasteiger partial charge in [-0.1, -0.05) is 6.07 Å². The second kappa shape index (κ2) is 10.5. The fourth-order valence-electron chi connectivity index (χ4n) is 1.93. The molecule has 0 unspecified atom stereocenters. The predicted molar refractivity (Wildman–Crippen MR) is 92.4 cm³/mol. The van der Waals surface area contributed by atoms with Crippen LogP contribution in [0.25, 0.3) is 0 Å². The molecule has 10 heteroatoms. The number of carbonyl (C=O) groups is 1. The molecule has 1 aromatic heterocycles. The molecule has 0 saturated carbocycles. The van der Waals surface area contributed by atoms with Crippen molar-refractivity contribution in [3.8, 4) is 5.75 Å². The Labute approximate surface area is 159 Å². The van der Waals surface area contributed by atoms with Gasteiger partial charge in [0.2, 0.25) is 0 Å². The Kier molecular flexibility index (Phi) is 8.65. The van der Waals surface area contributed by atoms with Crippen molar-refractivity contribution in [2.24, 2.45) is 0 Å². The molecular formula is C18H21F4N2O4+. The number of alkyl halides is 3. The van der Waals surface area contributed by atoms with E-state index in [0.717, 1.165) is 11.3 Å². The van der Waals surface area contributed by atoms with E-state index in [4.69, 9.17) is 9.99 Å². The summed E-state index contributed by atoms with van der Waals surface area (Å²) in [6, 6.07) is 9.06. The van der Waals surface area contributed by atoms with Gasteiger partial charge in [0.25, 0.3) is 0 Å². The third kappa shape index (κ3) is 7.78. The molecule has 0 fully saturated rings. The Morgan fingerprint density at radius 1 is 1.18 bits per heavy atom. The summed E-state index contributed by atoms with van der Waals surface area (Å²) in [4.78, 5) is 13.6. The normalized spacial score (nSPS) is 10.6. The van der Waals surface area contributed by atoms with Crippen LogP contribution in [0.2, 0.25) is 0 Å². The van der Waals surface area contributed by atoms with Crippen LogP contribution in [0.1, 0.15) is 5.56 Å². The molecule has 0 radical (unpaired) electrons. The van der Waals surface area contributed by atoms with Crippen LogP contribution in [0.5, 0.6) is 5.75 Å². The van der Waals surface area contributed by atoms with E-state index in [9.17, 15) is 22.4 Å². The first-order valence-electron chi connectivity index (χ1n) is 8.02. The number of aromatic nitrogens is 1. The lowest BCUT2D eigenvalue weighted by Crippen LogP contribution is -2.36. The first kappa shape index (κ1) is 23.2. The maximum absolute atomic E-state index is 13.6. The maximum atomic E-state index is 13.6. The highest BCUT2D eigenvalue weighted by molar-refractivity contribution is 5.74. The van der Waals surface area contributed by atoms with Gasteiger partial charge in [-0.3, -0.25) is 4.89 Å². The van der Waals surface area contributed by atoms with Crippen LogP contribution in [-0.2, 0) is 16.2 Å². The quantitative estimate of drug-likeness (QED) is 0.359. The van der Waals surface area contributed by atoms with Crippen LogP contribution in [0.3, 0.4) is 0 Å². The molecule has 1 N–H and O–H groups in total. The number of hydrogen-bond donors (Lipinski definition) is 1. The molecule has 1 aromatic carbocycles. The number of benzene rings is 1.